The van der Waals surface area contributed by atoms with Crippen LogP contribution in [0.5, 0.6) is 5.75 Å². The first kappa shape index (κ1) is 17.4. The van der Waals surface area contributed by atoms with Crippen LogP contribution in [0, 0.1) is 18.6 Å². The monoisotopic (exact) mass is 335 g/mol. The van der Waals surface area contributed by atoms with Crippen molar-refractivity contribution in [1.29, 1.82) is 0 Å². The number of benzene rings is 2. The van der Waals surface area contributed by atoms with Crippen LogP contribution in [0.15, 0.2) is 36.4 Å². The van der Waals surface area contributed by atoms with Crippen molar-refractivity contribution in [2.24, 2.45) is 0 Å². The lowest BCUT2D eigenvalue weighted by molar-refractivity contribution is -0.119. The zero-order valence-electron chi connectivity index (χ0n) is 13.1. The van der Waals surface area contributed by atoms with Crippen LogP contribution in [0.25, 0.3) is 0 Å². The highest BCUT2D eigenvalue weighted by molar-refractivity contribution is 5.96. The third-order valence-electron chi connectivity index (χ3n) is 3.11. The van der Waals surface area contributed by atoms with Crippen LogP contribution in [0.3, 0.4) is 0 Å². The van der Waals surface area contributed by atoms with Crippen LogP contribution in [-0.4, -0.2) is 25.6 Å². The highest BCUT2D eigenvalue weighted by Gasteiger charge is 2.16. The van der Waals surface area contributed by atoms with Gasteiger partial charge < -0.3 is 14.8 Å². The highest BCUT2D eigenvalue weighted by Crippen LogP contribution is 2.25. The molecule has 0 saturated carbocycles. The lowest BCUT2D eigenvalue weighted by Gasteiger charge is -2.11. The molecule has 0 radical (unpaired) electrons. The van der Waals surface area contributed by atoms with Crippen LogP contribution >= 0.6 is 0 Å². The smallest absolute Gasteiger partial charge is 0.341 e. The Morgan fingerprint density at radius 3 is 2.58 bits per heavy atom. The number of carbonyl (C=O) groups excluding carboxylic acids is 2. The minimum absolute atomic E-state index is 0.412. The lowest BCUT2D eigenvalue weighted by Crippen LogP contribution is -2.21. The number of hydrogen-bond acceptors (Lipinski definition) is 4. The zero-order chi connectivity index (χ0) is 17.7. The van der Waals surface area contributed by atoms with Crippen molar-refractivity contribution < 1.29 is 27.8 Å². The van der Waals surface area contributed by atoms with Gasteiger partial charge in [-0.2, -0.15) is 0 Å². The van der Waals surface area contributed by atoms with E-state index in [2.05, 4.69) is 5.32 Å². The number of anilines is 1. The molecule has 1 amide bonds. The summed E-state index contributed by atoms with van der Waals surface area (Å²) in [5.41, 5.74) is 0.733. The second-order valence-electron chi connectivity index (χ2n) is 4.95. The van der Waals surface area contributed by atoms with E-state index < -0.39 is 35.7 Å². The molecular weight excluding hydrogens is 320 g/mol. The number of amides is 1. The molecule has 0 aliphatic heterocycles. The Balaban J connectivity index is 2.00. The maximum atomic E-state index is 13.4. The number of halogens is 2. The van der Waals surface area contributed by atoms with Gasteiger partial charge >= 0.3 is 5.97 Å². The predicted octanol–water partition coefficient (Wildman–Crippen LogP) is 3.08. The van der Waals surface area contributed by atoms with Gasteiger partial charge in [0.15, 0.2) is 6.61 Å². The topological polar surface area (TPSA) is 64.6 Å². The van der Waals surface area contributed by atoms with E-state index in [1.807, 2.05) is 6.92 Å². The van der Waals surface area contributed by atoms with Crippen LogP contribution in [0.4, 0.5) is 14.5 Å². The van der Waals surface area contributed by atoms with E-state index in [1.54, 1.807) is 18.2 Å². The van der Waals surface area contributed by atoms with Gasteiger partial charge in [0.1, 0.15) is 17.4 Å². The molecule has 0 heterocycles. The zero-order valence-corrected chi connectivity index (χ0v) is 13.1. The van der Waals surface area contributed by atoms with Crippen molar-refractivity contribution in [3.63, 3.8) is 0 Å². The molecule has 0 atom stereocenters. The third-order valence-corrected chi connectivity index (χ3v) is 3.11. The quantitative estimate of drug-likeness (QED) is 0.853. The van der Waals surface area contributed by atoms with E-state index in [4.69, 9.17) is 9.47 Å². The molecule has 0 unspecified atom stereocenters. The van der Waals surface area contributed by atoms with Crippen LogP contribution < -0.4 is 10.1 Å². The van der Waals surface area contributed by atoms with Crippen molar-refractivity contribution in [1.82, 2.24) is 0 Å². The van der Waals surface area contributed by atoms with Gasteiger partial charge in [-0.3, -0.25) is 4.79 Å². The molecule has 2 aromatic carbocycles. The summed E-state index contributed by atoms with van der Waals surface area (Å²) in [4.78, 5) is 23.6. The highest BCUT2D eigenvalue weighted by atomic mass is 19.1. The number of rotatable bonds is 5. The van der Waals surface area contributed by atoms with E-state index in [0.29, 0.717) is 17.5 Å². The summed E-state index contributed by atoms with van der Waals surface area (Å²) in [6.07, 6.45) is 0. The number of carbonyl (C=O) groups is 2. The first-order valence-electron chi connectivity index (χ1n) is 6.97. The van der Waals surface area contributed by atoms with Gasteiger partial charge in [0.2, 0.25) is 0 Å². The summed E-state index contributed by atoms with van der Waals surface area (Å²) in [6, 6.07) is 7.57. The van der Waals surface area contributed by atoms with Gasteiger partial charge in [-0.05, 0) is 42.8 Å². The van der Waals surface area contributed by atoms with Gasteiger partial charge in [-0.1, -0.05) is 6.07 Å². The molecule has 0 aromatic heterocycles. The van der Waals surface area contributed by atoms with Crippen LogP contribution in [-0.2, 0) is 9.53 Å². The molecule has 24 heavy (non-hydrogen) atoms. The second-order valence-corrected chi connectivity index (χ2v) is 4.95. The average Bonchev–Trinajstić information content (AvgIpc) is 2.55. The Morgan fingerprint density at radius 1 is 1.12 bits per heavy atom. The summed E-state index contributed by atoms with van der Waals surface area (Å²) in [5.74, 6) is -3.03. The number of nitrogens with one attached hydrogen (secondary N) is 1. The molecule has 0 aliphatic carbocycles. The fraction of sp³-hybridized carbons (Fsp3) is 0.176. The third kappa shape index (κ3) is 4.28. The Morgan fingerprint density at radius 2 is 1.88 bits per heavy atom. The van der Waals surface area contributed by atoms with Gasteiger partial charge in [-0.15, -0.1) is 0 Å². The molecule has 0 saturated heterocycles. The van der Waals surface area contributed by atoms with Gasteiger partial charge in [0.05, 0.1) is 18.4 Å². The Labute approximate surface area is 137 Å². The standard InChI is InChI=1S/C17H15F2NO4/c1-10-3-6-15(23-2)14(7-10)20-16(21)9-24-17(22)12-8-11(18)4-5-13(12)19/h3-8H,9H2,1-2H3,(H,20,21). The largest absolute Gasteiger partial charge is 0.495 e. The number of methoxy groups -OCH3 is 1. The van der Waals surface area contributed by atoms with Crippen molar-refractivity contribution in [3.8, 4) is 5.75 Å². The number of esters is 1. The molecule has 0 aliphatic rings. The van der Waals surface area contributed by atoms with Crippen LogP contribution in [0.1, 0.15) is 15.9 Å². The first-order valence-corrected chi connectivity index (χ1v) is 6.97. The van der Waals surface area contributed by atoms with Crippen molar-refractivity contribution in [2.45, 2.75) is 6.92 Å². The van der Waals surface area contributed by atoms with E-state index in [1.165, 1.54) is 7.11 Å². The molecule has 2 aromatic rings. The molecule has 2 rings (SSSR count). The molecule has 1 N–H and O–H groups in total. The fourth-order valence-electron chi connectivity index (χ4n) is 1.97. The van der Waals surface area contributed by atoms with Crippen molar-refractivity contribution in [3.05, 3.63) is 59.2 Å². The molecule has 0 spiro atoms. The number of hydrogen-bond donors (Lipinski definition) is 1. The molecule has 7 heteroatoms. The predicted molar refractivity (Wildman–Crippen MR) is 83.0 cm³/mol. The van der Waals surface area contributed by atoms with E-state index >= 15 is 0 Å². The van der Waals surface area contributed by atoms with E-state index in [-0.39, 0.29) is 0 Å². The van der Waals surface area contributed by atoms with Gasteiger partial charge in [-0.25, -0.2) is 13.6 Å². The lowest BCUT2D eigenvalue weighted by atomic mass is 10.2. The average molecular weight is 335 g/mol. The molecule has 0 bridgehead atoms. The summed E-state index contributed by atoms with van der Waals surface area (Å²) in [6.45, 7) is 1.19. The maximum absolute atomic E-state index is 13.4. The van der Waals surface area contributed by atoms with E-state index in [9.17, 15) is 18.4 Å². The molecule has 0 fully saturated rings. The second kappa shape index (κ2) is 7.54. The Hall–Kier alpha value is -2.96. The SMILES string of the molecule is COc1ccc(C)cc1NC(=O)COC(=O)c1cc(F)ccc1F. The van der Waals surface area contributed by atoms with Gasteiger partial charge in [0.25, 0.3) is 5.91 Å². The van der Waals surface area contributed by atoms with Crippen LogP contribution in [0.2, 0.25) is 0 Å². The summed E-state index contributed by atoms with van der Waals surface area (Å²) in [5, 5.41) is 2.53. The number of aryl methyl sites for hydroxylation is 1. The summed E-state index contributed by atoms with van der Waals surface area (Å²) in [7, 11) is 1.45. The molecular formula is C17H15F2NO4. The first-order chi connectivity index (χ1) is 11.4. The van der Waals surface area contributed by atoms with Crippen molar-refractivity contribution >= 4 is 17.6 Å². The minimum Gasteiger partial charge on any atom is -0.495 e. The van der Waals surface area contributed by atoms with Gasteiger partial charge in [0, 0.05) is 0 Å². The van der Waals surface area contributed by atoms with Crippen molar-refractivity contribution in [2.75, 3.05) is 19.0 Å². The molecule has 126 valence electrons. The summed E-state index contributed by atoms with van der Waals surface area (Å²) >= 11 is 0. The van der Waals surface area contributed by atoms with E-state index in [0.717, 1.165) is 17.7 Å². The number of ether oxygens (including phenoxy) is 2. The fourth-order valence-corrected chi connectivity index (χ4v) is 1.97. The summed E-state index contributed by atoms with van der Waals surface area (Å²) < 4.78 is 36.3. The normalized spacial score (nSPS) is 10.2. The molecule has 5 nitrogen and oxygen atoms in total. The maximum Gasteiger partial charge on any atom is 0.341 e. The Kier molecular flexibility index (Phi) is 5.47. The minimum atomic E-state index is -1.13. The Bertz CT molecular complexity index is 777.